The molecule has 30 heavy (non-hydrogen) atoms. The Labute approximate surface area is 185 Å². The van der Waals surface area contributed by atoms with E-state index < -0.39 is 0 Å². The van der Waals surface area contributed by atoms with E-state index in [4.69, 9.17) is 28.9 Å². The largest absolute Gasteiger partial charge is 0.369 e. The zero-order valence-electron chi connectivity index (χ0n) is 16.5. The summed E-state index contributed by atoms with van der Waals surface area (Å²) < 4.78 is 19.0. The molecule has 5 rings (SSSR count). The zero-order chi connectivity index (χ0) is 20.7. The quantitative estimate of drug-likeness (QED) is 0.519. The molecule has 0 N–H and O–H groups in total. The van der Waals surface area contributed by atoms with Gasteiger partial charge in [0, 0.05) is 42.9 Å². The topological polar surface area (TPSA) is 29.2 Å². The van der Waals surface area contributed by atoms with Crippen LogP contribution < -0.4 is 4.90 Å². The highest BCUT2D eigenvalue weighted by Gasteiger charge is 2.30. The van der Waals surface area contributed by atoms with Crippen LogP contribution in [0.5, 0.6) is 0 Å². The Kier molecular flexibility index (Phi) is 5.35. The van der Waals surface area contributed by atoms with Crippen molar-refractivity contribution >= 4 is 29.5 Å². The summed E-state index contributed by atoms with van der Waals surface area (Å²) in [5, 5.41) is 5.50. The van der Waals surface area contributed by atoms with Gasteiger partial charge in [-0.1, -0.05) is 29.8 Å². The molecule has 1 saturated carbocycles. The number of rotatable bonds is 5. The summed E-state index contributed by atoms with van der Waals surface area (Å²) in [5.74, 6) is 0.375. The first kappa shape index (κ1) is 19.7. The van der Waals surface area contributed by atoms with Crippen molar-refractivity contribution in [2.45, 2.75) is 25.6 Å². The molecule has 1 saturated heterocycles. The first-order valence-corrected chi connectivity index (χ1v) is 11.1. The van der Waals surface area contributed by atoms with E-state index in [2.05, 4.69) is 15.9 Å². The molecule has 0 radical (unpaired) electrons. The van der Waals surface area contributed by atoms with Crippen LogP contribution in [0.15, 0.2) is 48.5 Å². The summed E-state index contributed by atoms with van der Waals surface area (Å²) >= 11 is 11.9. The van der Waals surface area contributed by atoms with Gasteiger partial charge >= 0.3 is 0 Å². The zero-order valence-corrected chi connectivity index (χ0v) is 18.1. The second kappa shape index (κ2) is 8.13. The Balaban J connectivity index is 1.34. The Bertz CT molecular complexity index is 1110. The number of benzene rings is 2. The van der Waals surface area contributed by atoms with Gasteiger partial charge in [-0.2, -0.15) is 5.10 Å². The first-order valence-electron chi connectivity index (χ1n) is 10.3. The predicted molar refractivity (Wildman–Crippen MR) is 120 cm³/mol. The molecule has 1 aromatic heterocycles. The number of hydrogen-bond donors (Lipinski definition) is 0. The molecule has 2 aliphatic rings. The number of aromatic nitrogens is 3. The number of hydrogen-bond acceptors (Lipinski definition) is 4. The van der Waals surface area contributed by atoms with Gasteiger partial charge < -0.3 is 4.90 Å². The van der Waals surface area contributed by atoms with Gasteiger partial charge in [0.25, 0.3) is 0 Å². The molecule has 0 atom stereocenters. The lowest BCUT2D eigenvalue weighted by molar-refractivity contribution is 0.194. The van der Waals surface area contributed by atoms with Crippen molar-refractivity contribution in [2.24, 2.45) is 0 Å². The summed E-state index contributed by atoms with van der Waals surface area (Å²) in [6, 6.07) is 15.1. The van der Waals surface area contributed by atoms with Crippen LogP contribution in [-0.4, -0.2) is 45.4 Å². The summed E-state index contributed by atoms with van der Waals surface area (Å²) in [4.78, 5) is 4.68. The second-order valence-corrected chi connectivity index (χ2v) is 8.71. The minimum atomic E-state index is -0.262. The van der Waals surface area contributed by atoms with E-state index >= 15 is 0 Å². The van der Waals surface area contributed by atoms with Crippen molar-refractivity contribution in [3.63, 3.8) is 0 Å². The molecular weight excluding hydrogens is 421 g/mol. The summed E-state index contributed by atoms with van der Waals surface area (Å²) in [6.07, 6.45) is 2.14. The van der Waals surface area contributed by atoms with E-state index in [1.54, 1.807) is 12.1 Å². The summed E-state index contributed by atoms with van der Waals surface area (Å²) in [6.45, 7) is 4.25. The SMILES string of the molecule is Fc1ccccc1-c1nn(CN2CCN(c3cccc(Cl)c3)CC2)c(=S)n1C1CC1. The molecule has 1 aliphatic carbocycles. The molecule has 2 heterocycles. The van der Waals surface area contributed by atoms with Crippen LogP contribution in [-0.2, 0) is 6.67 Å². The Morgan fingerprint density at radius 2 is 1.80 bits per heavy atom. The van der Waals surface area contributed by atoms with Crippen molar-refractivity contribution < 1.29 is 4.39 Å². The van der Waals surface area contributed by atoms with Gasteiger partial charge in [-0.25, -0.2) is 9.07 Å². The van der Waals surface area contributed by atoms with Gasteiger partial charge in [-0.15, -0.1) is 0 Å². The molecular formula is C22H23ClFN5S. The average Bonchev–Trinajstić information content (AvgIpc) is 3.54. The van der Waals surface area contributed by atoms with Gasteiger partial charge in [0.15, 0.2) is 10.6 Å². The van der Waals surface area contributed by atoms with E-state index in [0.29, 0.717) is 28.9 Å². The molecule has 0 amide bonds. The lowest BCUT2D eigenvalue weighted by Gasteiger charge is -2.35. The van der Waals surface area contributed by atoms with Crippen molar-refractivity contribution in [1.29, 1.82) is 0 Å². The van der Waals surface area contributed by atoms with Gasteiger partial charge in [-0.3, -0.25) is 9.47 Å². The highest BCUT2D eigenvalue weighted by atomic mass is 35.5. The molecule has 0 unspecified atom stereocenters. The maximum Gasteiger partial charge on any atom is 0.199 e. The highest BCUT2D eigenvalue weighted by Crippen LogP contribution is 2.39. The maximum atomic E-state index is 14.4. The predicted octanol–water partition coefficient (Wildman–Crippen LogP) is 4.99. The monoisotopic (exact) mass is 443 g/mol. The fourth-order valence-corrected chi connectivity index (χ4v) is 4.53. The van der Waals surface area contributed by atoms with Gasteiger partial charge in [0.1, 0.15) is 5.82 Å². The highest BCUT2D eigenvalue weighted by molar-refractivity contribution is 7.71. The van der Waals surface area contributed by atoms with Crippen molar-refractivity contribution in [3.05, 3.63) is 64.1 Å². The molecule has 0 spiro atoms. The summed E-state index contributed by atoms with van der Waals surface area (Å²) in [5.41, 5.74) is 1.67. The van der Waals surface area contributed by atoms with E-state index in [9.17, 15) is 4.39 Å². The average molecular weight is 444 g/mol. The summed E-state index contributed by atoms with van der Waals surface area (Å²) in [7, 11) is 0. The third-order valence-electron chi connectivity index (χ3n) is 5.78. The molecule has 3 aromatic rings. The van der Waals surface area contributed by atoms with Crippen molar-refractivity contribution in [2.75, 3.05) is 31.1 Å². The van der Waals surface area contributed by atoms with Crippen LogP contribution >= 0.6 is 23.8 Å². The van der Waals surface area contributed by atoms with E-state index in [0.717, 1.165) is 49.7 Å². The number of anilines is 1. The lowest BCUT2D eigenvalue weighted by atomic mass is 10.2. The number of piperazine rings is 1. The minimum absolute atomic E-state index is 0.262. The van der Waals surface area contributed by atoms with Crippen LogP contribution in [0.4, 0.5) is 10.1 Å². The van der Waals surface area contributed by atoms with Gasteiger partial charge in [-0.05, 0) is 55.4 Å². The molecule has 0 bridgehead atoms. The van der Waals surface area contributed by atoms with Crippen LogP contribution in [0, 0.1) is 10.6 Å². The smallest absolute Gasteiger partial charge is 0.199 e. The molecule has 156 valence electrons. The van der Waals surface area contributed by atoms with E-state index in [-0.39, 0.29) is 5.82 Å². The molecule has 2 fully saturated rings. The molecule has 1 aliphatic heterocycles. The van der Waals surface area contributed by atoms with Crippen LogP contribution in [0.1, 0.15) is 18.9 Å². The maximum absolute atomic E-state index is 14.4. The third kappa shape index (κ3) is 3.89. The third-order valence-corrected chi connectivity index (χ3v) is 6.42. The fourth-order valence-electron chi connectivity index (χ4n) is 4.01. The van der Waals surface area contributed by atoms with Crippen LogP contribution in [0.3, 0.4) is 0 Å². The van der Waals surface area contributed by atoms with Crippen molar-refractivity contribution in [3.8, 4) is 11.4 Å². The second-order valence-electron chi connectivity index (χ2n) is 7.91. The van der Waals surface area contributed by atoms with Crippen molar-refractivity contribution in [1.82, 2.24) is 19.2 Å². The normalized spacial score (nSPS) is 17.5. The number of nitrogens with zero attached hydrogens (tertiary/aromatic N) is 5. The Morgan fingerprint density at radius 3 is 2.50 bits per heavy atom. The Hall–Kier alpha value is -2.22. The van der Waals surface area contributed by atoms with Crippen LogP contribution in [0.25, 0.3) is 11.4 Å². The number of halogens is 2. The molecule has 8 heteroatoms. The van der Waals surface area contributed by atoms with Gasteiger partial charge in [0.05, 0.1) is 12.2 Å². The first-order chi connectivity index (χ1) is 14.6. The molecule has 2 aromatic carbocycles. The lowest BCUT2D eigenvalue weighted by Crippen LogP contribution is -2.47. The molecule has 5 nitrogen and oxygen atoms in total. The van der Waals surface area contributed by atoms with Gasteiger partial charge in [0.2, 0.25) is 0 Å². The minimum Gasteiger partial charge on any atom is -0.369 e. The van der Waals surface area contributed by atoms with E-state index in [1.165, 1.54) is 6.07 Å². The fraction of sp³-hybridized carbons (Fsp3) is 0.364. The Morgan fingerprint density at radius 1 is 1.03 bits per heavy atom. The standard InChI is InChI=1S/C22H23ClFN5S/c23-16-4-3-5-18(14-16)27-12-10-26(11-13-27)15-28-22(30)29(17-8-9-17)21(25-28)19-6-1-2-7-20(19)24/h1-7,14,17H,8-13,15H2. The van der Waals surface area contributed by atoms with Crippen LogP contribution in [0.2, 0.25) is 5.02 Å². The van der Waals surface area contributed by atoms with E-state index in [1.807, 2.05) is 33.5 Å².